The van der Waals surface area contributed by atoms with Crippen molar-refractivity contribution in [3.8, 4) is 11.5 Å². The monoisotopic (exact) mass is 537 g/mol. The van der Waals surface area contributed by atoms with E-state index in [1.807, 2.05) is 0 Å². The number of non-ortho nitro benzene ring substituents is 1. The van der Waals surface area contributed by atoms with Crippen molar-refractivity contribution >= 4 is 34.6 Å². The van der Waals surface area contributed by atoms with Gasteiger partial charge in [-0.25, -0.2) is 0 Å². The van der Waals surface area contributed by atoms with Crippen LogP contribution in [-0.2, 0) is 5.54 Å². The second kappa shape index (κ2) is 9.09. The SMILES string of the molecule is O=C(Nc1cc(Oc2ccc(Cl)cc2)cc([N+](=O)[O-])c1)c1nn(C23CC4CC(CC(C4)C2)C3)cc1[N+](=O)[O-]. The van der Waals surface area contributed by atoms with Gasteiger partial charge in [-0.05, 0) is 80.5 Å². The standard InChI is InChI=1S/C26H24ClN5O6/c27-18-1-3-21(4-2-18)38-22-9-19(8-20(10-22)31(34)35)28-25(33)24-23(32(36)37)14-30(29-24)26-11-15-5-16(12-26)7-17(6-15)13-26/h1-4,8-10,14-17H,5-7,11-13H2,(H,28,33). The summed E-state index contributed by atoms with van der Waals surface area (Å²) in [5.41, 5.74) is -1.28. The first kappa shape index (κ1) is 24.4. The summed E-state index contributed by atoms with van der Waals surface area (Å²) in [6.07, 6.45) is 7.71. The van der Waals surface area contributed by atoms with Gasteiger partial charge in [-0.2, -0.15) is 5.10 Å². The van der Waals surface area contributed by atoms with Crippen molar-refractivity contribution in [2.45, 2.75) is 44.1 Å². The lowest BCUT2D eigenvalue weighted by Crippen LogP contribution is -2.52. The van der Waals surface area contributed by atoms with E-state index in [2.05, 4.69) is 10.4 Å². The van der Waals surface area contributed by atoms with Gasteiger partial charge in [-0.1, -0.05) is 11.6 Å². The summed E-state index contributed by atoms with van der Waals surface area (Å²) in [5, 5.41) is 30.9. The maximum Gasteiger partial charge on any atom is 0.320 e. The molecular weight excluding hydrogens is 514 g/mol. The first-order chi connectivity index (χ1) is 18.2. The summed E-state index contributed by atoms with van der Waals surface area (Å²) in [6, 6.07) is 10.2. The molecule has 7 rings (SSSR count). The molecule has 3 aromatic rings. The fourth-order valence-corrected chi connectivity index (χ4v) is 7.02. The number of nitrogens with zero attached hydrogens (tertiary/aromatic N) is 4. The molecule has 1 N–H and O–H groups in total. The van der Waals surface area contributed by atoms with E-state index in [4.69, 9.17) is 16.3 Å². The van der Waals surface area contributed by atoms with Crippen LogP contribution < -0.4 is 10.1 Å². The minimum absolute atomic E-state index is 0.0480. The Morgan fingerprint density at radius 2 is 1.61 bits per heavy atom. The molecule has 0 spiro atoms. The highest BCUT2D eigenvalue weighted by atomic mass is 35.5. The molecule has 4 bridgehead atoms. The third-order valence-electron chi connectivity index (χ3n) is 8.01. The number of aromatic nitrogens is 2. The van der Waals surface area contributed by atoms with Crippen LogP contribution in [0.2, 0.25) is 5.02 Å². The molecule has 4 aliphatic rings. The van der Waals surface area contributed by atoms with E-state index in [0.717, 1.165) is 25.3 Å². The molecule has 11 nitrogen and oxygen atoms in total. The summed E-state index contributed by atoms with van der Waals surface area (Å²) >= 11 is 5.90. The number of benzene rings is 2. The molecule has 2 aromatic carbocycles. The van der Waals surface area contributed by atoms with Crippen LogP contribution in [0.3, 0.4) is 0 Å². The summed E-state index contributed by atoms with van der Waals surface area (Å²) in [6.45, 7) is 0. The van der Waals surface area contributed by atoms with Gasteiger partial charge in [-0.15, -0.1) is 0 Å². The zero-order chi connectivity index (χ0) is 26.6. The van der Waals surface area contributed by atoms with Crippen molar-refractivity contribution in [3.63, 3.8) is 0 Å². The van der Waals surface area contributed by atoms with Gasteiger partial charge in [0.25, 0.3) is 11.6 Å². The van der Waals surface area contributed by atoms with Crippen LogP contribution in [0.1, 0.15) is 49.0 Å². The smallest absolute Gasteiger partial charge is 0.320 e. The molecule has 0 unspecified atom stereocenters. The topological polar surface area (TPSA) is 142 Å². The number of anilines is 1. The van der Waals surface area contributed by atoms with Crippen molar-refractivity contribution in [2.24, 2.45) is 17.8 Å². The molecule has 38 heavy (non-hydrogen) atoms. The zero-order valence-corrected chi connectivity index (χ0v) is 21.0. The molecule has 196 valence electrons. The fraction of sp³-hybridized carbons (Fsp3) is 0.385. The predicted molar refractivity (Wildman–Crippen MR) is 138 cm³/mol. The van der Waals surface area contributed by atoms with Gasteiger partial charge < -0.3 is 10.1 Å². The Balaban J connectivity index is 1.30. The molecule has 4 fully saturated rings. The van der Waals surface area contributed by atoms with E-state index in [0.29, 0.717) is 28.5 Å². The second-order valence-corrected chi connectivity index (χ2v) is 11.1. The van der Waals surface area contributed by atoms with Crippen LogP contribution in [0.25, 0.3) is 0 Å². The number of hydrogen-bond acceptors (Lipinski definition) is 7. The molecule has 4 aliphatic carbocycles. The highest BCUT2D eigenvalue weighted by Crippen LogP contribution is 2.58. The van der Waals surface area contributed by atoms with Crippen molar-refractivity contribution in [3.05, 3.63) is 79.6 Å². The highest BCUT2D eigenvalue weighted by molar-refractivity contribution is 6.30. The lowest BCUT2D eigenvalue weighted by molar-refractivity contribution is -0.385. The maximum atomic E-state index is 13.3. The normalized spacial score (nSPS) is 25.2. The van der Waals surface area contributed by atoms with Gasteiger partial charge in [0, 0.05) is 17.2 Å². The lowest BCUT2D eigenvalue weighted by Gasteiger charge is -2.56. The molecule has 0 radical (unpaired) electrons. The number of rotatable bonds is 7. The average Bonchev–Trinajstić information content (AvgIpc) is 3.32. The van der Waals surface area contributed by atoms with E-state index in [1.54, 1.807) is 28.9 Å². The quantitative estimate of drug-likeness (QED) is 0.274. The summed E-state index contributed by atoms with van der Waals surface area (Å²) in [5.74, 6) is 1.43. The van der Waals surface area contributed by atoms with Crippen LogP contribution >= 0.6 is 11.6 Å². The summed E-state index contributed by atoms with van der Waals surface area (Å²) in [4.78, 5) is 35.4. The Morgan fingerprint density at radius 3 is 2.18 bits per heavy atom. The van der Waals surface area contributed by atoms with Gasteiger partial charge in [-0.3, -0.25) is 29.7 Å². The Kier molecular flexibility index (Phi) is 5.82. The Hall–Kier alpha value is -3.99. The zero-order valence-electron chi connectivity index (χ0n) is 20.2. The Labute approximate surface area is 222 Å². The molecule has 1 amide bonds. The van der Waals surface area contributed by atoms with Crippen molar-refractivity contribution in [1.29, 1.82) is 0 Å². The van der Waals surface area contributed by atoms with Crippen LogP contribution in [0, 0.1) is 38.0 Å². The van der Waals surface area contributed by atoms with Crippen LogP contribution in [0.4, 0.5) is 17.1 Å². The van der Waals surface area contributed by atoms with Crippen LogP contribution in [0.15, 0.2) is 48.7 Å². The minimum Gasteiger partial charge on any atom is -0.457 e. The summed E-state index contributed by atoms with van der Waals surface area (Å²) in [7, 11) is 0. The third-order valence-corrected chi connectivity index (χ3v) is 8.26. The molecule has 0 atom stereocenters. The molecular formula is C26H24ClN5O6. The number of amides is 1. The molecule has 12 heteroatoms. The van der Waals surface area contributed by atoms with Gasteiger partial charge in [0.2, 0.25) is 5.69 Å². The number of nitrogens with one attached hydrogen (secondary N) is 1. The maximum absolute atomic E-state index is 13.3. The first-order valence-electron chi connectivity index (χ1n) is 12.5. The summed E-state index contributed by atoms with van der Waals surface area (Å²) < 4.78 is 7.37. The number of hydrogen-bond donors (Lipinski definition) is 1. The largest absolute Gasteiger partial charge is 0.457 e. The third kappa shape index (κ3) is 4.47. The number of ether oxygens (including phenoxy) is 1. The number of nitro groups is 2. The highest BCUT2D eigenvalue weighted by Gasteiger charge is 2.53. The van der Waals surface area contributed by atoms with E-state index >= 15 is 0 Å². The molecule has 1 heterocycles. The van der Waals surface area contributed by atoms with Crippen LogP contribution in [-0.4, -0.2) is 25.5 Å². The molecule has 0 saturated heterocycles. The van der Waals surface area contributed by atoms with Crippen molar-refractivity contribution in [1.82, 2.24) is 9.78 Å². The van der Waals surface area contributed by atoms with Gasteiger partial charge >= 0.3 is 5.69 Å². The van der Waals surface area contributed by atoms with Crippen molar-refractivity contribution in [2.75, 3.05) is 5.32 Å². The van der Waals surface area contributed by atoms with Gasteiger partial charge in [0.05, 0.1) is 27.1 Å². The first-order valence-corrected chi connectivity index (χ1v) is 12.8. The van der Waals surface area contributed by atoms with E-state index < -0.39 is 15.8 Å². The number of carbonyl (C=O) groups is 1. The predicted octanol–water partition coefficient (Wildman–Crippen LogP) is 6.32. The van der Waals surface area contributed by atoms with Crippen molar-refractivity contribution < 1.29 is 19.4 Å². The molecule has 0 aliphatic heterocycles. The number of carbonyl (C=O) groups excluding carboxylic acids is 1. The Morgan fingerprint density at radius 1 is 0.974 bits per heavy atom. The van der Waals surface area contributed by atoms with E-state index in [1.165, 1.54) is 37.6 Å². The number of halogens is 1. The van der Waals surface area contributed by atoms with Gasteiger partial charge in [0.1, 0.15) is 17.7 Å². The fourth-order valence-electron chi connectivity index (χ4n) is 6.90. The Bertz CT molecular complexity index is 1420. The lowest BCUT2D eigenvalue weighted by atomic mass is 9.53. The van der Waals surface area contributed by atoms with Gasteiger partial charge in [0.15, 0.2) is 0 Å². The second-order valence-electron chi connectivity index (χ2n) is 10.7. The van der Waals surface area contributed by atoms with E-state index in [9.17, 15) is 25.0 Å². The molecule has 1 aromatic heterocycles. The van der Waals surface area contributed by atoms with Crippen LogP contribution in [0.5, 0.6) is 11.5 Å². The number of nitro benzene ring substituents is 1. The minimum atomic E-state index is -0.821. The average molecular weight is 538 g/mol. The van der Waals surface area contributed by atoms with E-state index in [-0.39, 0.29) is 34.0 Å². The molecule has 4 saturated carbocycles.